The molecule has 198 valence electrons. The minimum absolute atomic E-state index is 0.0487. The number of carboxylic acids is 1. The third-order valence-electron chi connectivity index (χ3n) is 4.98. The molecule has 10 heteroatoms. The first-order chi connectivity index (χ1) is 18.2. The summed E-state index contributed by atoms with van der Waals surface area (Å²) in [6, 6.07) is 27.1. The molecule has 0 aromatic heterocycles. The van der Waals surface area contributed by atoms with Crippen molar-refractivity contribution in [2.75, 3.05) is 6.61 Å². The van der Waals surface area contributed by atoms with E-state index < -0.39 is 33.7 Å². The summed E-state index contributed by atoms with van der Waals surface area (Å²) in [7, 11) is -5.05. The first kappa shape index (κ1) is 28.2. The van der Waals surface area contributed by atoms with Gasteiger partial charge in [0.2, 0.25) is 0 Å². The number of ether oxygens (including phenoxy) is 3. The zero-order chi connectivity index (χ0) is 27.4. The Morgan fingerprint density at radius 3 is 1.87 bits per heavy atom. The van der Waals surface area contributed by atoms with E-state index in [0.29, 0.717) is 17.1 Å². The molecule has 1 unspecified atom stereocenters. The molecule has 0 aliphatic heterocycles. The summed E-state index contributed by atoms with van der Waals surface area (Å²) in [6.07, 6.45) is 2.22. The highest BCUT2D eigenvalue weighted by molar-refractivity contribution is 7.87. The number of hydrogen-bond acceptors (Lipinski definition) is 7. The van der Waals surface area contributed by atoms with E-state index in [1.807, 2.05) is 54.6 Å². The van der Waals surface area contributed by atoms with E-state index in [1.165, 1.54) is 6.08 Å². The quantitative estimate of drug-likeness (QED) is 0.179. The second-order valence-corrected chi connectivity index (χ2v) is 9.53. The zero-order valence-electron chi connectivity index (χ0n) is 20.2. The van der Waals surface area contributed by atoms with E-state index in [-0.39, 0.29) is 19.0 Å². The molecule has 0 bridgehead atoms. The Hall–Kier alpha value is -4.41. The van der Waals surface area contributed by atoms with E-state index in [2.05, 4.69) is 0 Å². The van der Waals surface area contributed by atoms with Crippen molar-refractivity contribution in [2.45, 2.75) is 18.1 Å². The first-order valence-electron chi connectivity index (χ1n) is 11.5. The van der Waals surface area contributed by atoms with Crippen LogP contribution in [-0.4, -0.2) is 41.9 Å². The lowest BCUT2D eigenvalue weighted by molar-refractivity contribution is -0.148. The molecule has 0 fully saturated rings. The summed E-state index contributed by atoms with van der Waals surface area (Å²) < 4.78 is 49.3. The zero-order valence-corrected chi connectivity index (χ0v) is 21.0. The van der Waals surface area contributed by atoms with Gasteiger partial charge in [0, 0.05) is 12.5 Å². The number of carbonyl (C=O) groups excluding carboxylic acids is 1. The molecular formula is C28H26O9S. The predicted molar refractivity (Wildman–Crippen MR) is 140 cm³/mol. The normalized spacial score (nSPS) is 12.9. The molecule has 0 aliphatic rings. The summed E-state index contributed by atoms with van der Waals surface area (Å²) >= 11 is 0. The van der Waals surface area contributed by atoms with E-state index in [1.54, 1.807) is 42.5 Å². The SMILES string of the molecule is O=C(O)CC(C(=O)OC(=Cc1ccccc1)OCCC(=Cc1ccccc1)Oc1ccccc1)S(=O)(=O)O. The van der Waals surface area contributed by atoms with Gasteiger partial charge in [-0.2, -0.15) is 8.42 Å². The van der Waals surface area contributed by atoms with Gasteiger partial charge in [-0.25, -0.2) is 0 Å². The summed E-state index contributed by atoms with van der Waals surface area (Å²) in [5, 5.41) is 6.64. The molecule has 2 N–H and O–H groups in total. The predicted octanol–water partition coefficient (Wildman–Crippen LogP) is 4.79. The maximum Gasteiger partial charge on any atom is 0.335 e. The van der Waals surface area contributed by atoms with Crippen LogP contribution in [0.25, 0.3) is 12.2 Å². The van der Waals surface area contributed by atoms with E-state index in [9.17, 15) is 22.6 Å². The second kappa shape index (κ2) is 13.8. The first-order valence-corrected chi connectivity index (χ1v) is 13.0. The molecule has 38 heavy (non-hydrogen) atoms. The second-order valence-electron chi connectivity index (χ2n) is 7.93. The number of rotatable bonds is 13. The number of aliphatic carboxylic acids is 1. The summed E-state index contributed by atoms with van der Waals surface area (Å²) in [4.78, 5) is 23.6. The number of esters is 1. The summed E-state index contributed by atoms with van der Waals surface area (Å²) in [6.45, 7) is -0.0487. The summed E-state index contributed by atoms with van der Waals surface area (Å²) in [5.41, 5.74) is 1.45. The molecular weight excluding hydrogens is 512 g/mol. The van der Waals surface area contributed by atoms with Crippen molar-refractivity contribution in [1.82, 2.24) is 0 Å². The van der Waals surface area contributed by atoms with Crippen molar-refractivity contribution in [3.05, 3.63) is 114 Å². The lowest BCUT2D eigenvalue weighted by Gasteiger charge is -2.15. The highest BCUT2D eigenvalue weighted by Crippen LogP contribution is 2.20. The Morgan fingerprint density at radius 1 is 0.816 bits per heavy atom. The van der Waals surface area contributed by atoms with Gasteiger partial charge in [0.05, 0.1) is 13.0 Å². The molecule has 3 aromatic rings. The van der Waals surface area contributed by atoms with Crippen molar-refractivity contribution >= 4 is 34.2 Å². The lowest BCUT2D eigenvalue weighted by Crippen LogP contribution is -2.34. The number of carbonyl (C=O) groups is 2. The fourth-order valence-electron chi connectivity index (χ4n) is 3.20. The maximum atomic E-state index is 12.5. The molecule has 0 saturated carbocycles. The Balaban J connectivity index is 1.80. The topological polar surface area (TPSA) is 136 Å². The molecule has 0 spiro atoms. The molecule has 0 amide bonds. The summed E-state index contributed by atoms with van der Waals surface area (Å²) in [5.74, 6) is -2.33. The van der Waals surface area contributed by atoms with Gasteiger partial charge >= 0.3 is 11.9 Å². The maximum absolute atomic E-state index is 12.5. The molecule has 0 aliphatic carbocycles. The van der Waals surface area contributed by atoms with Crippen LogP contribution in [0.3, 0.4) is 0 Å². The van der Waals surface area contributed by atoms with Crippen molar-refractivity contribution in [2.24, 2.45) is 0 Å². The van der Waals surface area contributed by atoms with Crippen LogP contribution in [0.15, 0.2) is 103 Å². The van der Waals surface area contributed by atoms with Gasteiger partial charge in [-0.15, -0.1) is 0 Å². The Labute approximate surface area is 220 Å². The third kappa shape index (κ3) is 9.57. The number of benzene rings is 3. The van der Waals surface area contributed by atoms with Crippen LogP contribution < -0.4 is 4.74 Å². The van der Waals surface area contributed by atoms with Crippen molar-refractivity contribution in [3.8, 4) is 5.75 Å². The van der Waals surface area contributed by atoms with E-state index in [0.717, 1.165) is 5.56 Å². The van der Waals surface area contributed by atoms with Gasteiger partial charge in [-0.1, -0.05) is 78.9 Å². The molecule has 9 nitrogen and oxygen atoms in total. The van der Waals surface area contributed by atoms with Crippen LogP contribution in [0.2, 0.25) is 0 Å². The number of hydrogen-bond donors (Lipinski definition) is 2. The van der Waals surface area contributed by atoms with Crippen molar-refractivity contribution in [3.63, 3.8) is 0 Å². The average molecular weight is 539 g/mol. The third-order valence-corrected chi connectivity index (χ3v) is 6.06. The molecule has 0 saturated heterocycles. The highest BCUT2D eigenvalue weighted by atomic mass is 32.2. The fraction of sp³-hybridized carbons (Fsp3) is 0.143. The molecule has 1 atom stereocenters. The van der Waals surface area contributed by atoms with Crippen LogP contribution in [0.5, 0.6) is 5.75 Å². The monoisotopic (exact) mass is 538 g/mol. The molecule has 3 rings (SSSR count). The molecule has 3 aromatic carbocycles. The van der Waals surface area contributed by atoms with Gasteiger partial charge < -0.3 is 19.3 Å². The van der Waals surface area contributed by atoms with Gasteiger partial charge in [-0.3, -0.25) is 14.1 Å². The van der Waals surface area contributed by atoms with Crippen molar-refractivity contribution < 1.29 is 41.9 Å². The largest absolute Gasteiger partial charge is 0.481 e. The molecule has 0 radical (unpaired) electrons. The van der Waals surface area contributed by atoms with Gasteiger partial charge in [0.25, 0.3) is 16.1 Å². The highest BCUT2D eigenvalue weighted by Gasteiger charge is 2.36. The Kier molecular flexibility index (Phi) is 10.2. The van der Waals surface area contributed by atoms with Crippen LogP contribution in [0.4, 0.5) is 0 Å². The van der Waals surface area contributed by atoms with E-state index in [4.69, 9.17) is 19.3 Å². The van der Waals surface area contributed by atoms with Crippen molar-refractivity contribution in [1.29, 1.82) is 0 Å². The smallest absolute Gasteiger partial charge is 0.335 e. The van der Waals surface area contributed by atoms with Gasteiger partial charge in [-0.05, 0) is 29.3 Å². The van der Waals surface area contributed by atoms with Crippen LogP contribution >= 0.6 is 0 Å². The van der Waals surface area contributed by atoms with Gasteiger partial charge in [0.15, 0.2) is 5.25 Å². The van der Waals surface area contributed by atoms with Crippen LogP contribution in [-0.2, 0) is 29.2 Å². The fourth-order valence-corrected chi connectivity index (χ4v) is 3.84. The van der Waals surface area contributed by atoms with E-state index >= 15 is 0 Å². The number of para-hydroxylation sites is 1. The van der Waals surface area contributed by atoms with Crippen LogP contribution in [0.1, 0.15) is 24.0 Å². The number of carboxylic acid groups (broad SMARTS) is 1. The average Bonchev–Trinajstić information content (AvgIpc) is 2.88. The van der Waals surface area contributed by atoms with Crippen LogP contribution in [0, 0.1) is 0 Å². The standard InChI is InChI=1S/C28H26O9S/c29-26(30)20-25(38(32,33)34)28(31)37-27(19-22-12-6-2-7-13-22)35-17-16-24(18-21-10-4-1-5-11-21)36-23-14-8-3-9-15-23/h1-15,18-19,25H,16-17,20H2,(H,29,30)(H,32,33,34). The minimum atomic E-state index is -5.05. The Morgan fingerprint density at radius 2 is 1.34 bits per heavy atom. The molecule has 0 heterocycles. The van der Waals surface area contributed by atoms with Gasteiger partial charge in [0.1, 0.15) is 11.5 Å². The minimum Gasteiger partial charge on any atom is -0.481 e. The lowest BCUT2D eigenvalue weighted by atomic mass is 10.2. The Bertz CT molecular complexity index is 1370.